The van der Waals surface area contributed by atoms with Gasteiger partial charge in [0.1, 0.15) is 0 Å². The highest BCUT2D eigenvalue weighted by molar-refractivity contribution is 5.45. The minimum Gasteiger partial charge on any atom is -0.278 e. The van der Waals surface area contributed by atoms with Crippen molar-refractivity contribution >= 4 is 6.41 Å². The van der Waals surface area contributed by atoms with Gasteiger partial charge in [-0.15, -0.1) is 0 Å². The number of rotatable bonds is 5. The molecule has 0 aliphatic carbocycles. The van der Waals surface area contributed by atoms with E-state index in [4.69, 9.17) is 0 Å². The van der Waals surface area contributed by atoms with Gasteiger partial charge in [0.15, 0.2) is 0 Å². The van der Waals surface area contributed by atoms with E-state index in [1.807, 2.05) is 25.8 Å². The van der Waals surface area contributed by atoms with Crippen molar-refractivity contribution in [3.05, 3.63) is 0 Å². The van der Waals surface area contributed by atoms with Crippen LogP contribution in [0.4, 0.5) is 0 Å². The molecule has 60 valence electrons. The fourth-order valence-corrected chi connectivity index (χ4v) is 0.928. The van der Waals surface area contributed by atoms with E-state index in [2.05, 4.69) is 0 Å². The van der Waals surface area contributed by atoms with Gasteiger partial charge in [-0.2, -0.15) is 0 Å². The van der Waals surface area contributed by atoms with Crippen molar-refractivity contribution in [2.24, 2.45) is 0 Å². The zero-order valence-electron chi connectivity index (χ0n) is 7.00. The van der Waals surface area contributed by atoms with Crippen molar-refractivity contribution in [2.75, 3.05) is 19.6 Å². The lowest BCUT2D eigenvalue weighted by molar-refractivity contribution is -0.133. The zero-order chi connectivity index (χ0) is 7.98. The second kappa shape index (κ2) is 5.23. The van der Waals surface area contributed by atoms with Crippen LogP contribution in [0.1, 0.15) is 20.8 Å². The van der Waals surface area contributed by atoms with Crippen LogP contribution in [0.15, 0.2) is 0 Å². The topological polar surface area (TPSA) is 23.6 Å². The first-order chi connectivity index (χ1) is 4.79. The smallest absolute Gasteiger partial charge is 0.224 e. The van der Waals surface area contributed by atoms with Gasteiger partial charge in [0, 0.05) is 19.6 Å². The van der Waals surface area contributed by atoms with Gasteiger partial charge in [-0.05, 0) is 6.92 Å². The van der Waals surface area contributed by atoms with Gasteiger partial charge in [-0.1, -0.05) is 13.8 Å². The van der Waals surface area contributed by atoms with Crippen LogP contribution in [-0.4, -0.2) is 36.1 Å². The van der Waals surface area contributed by atoms with Crippen molar-refractivity contribution in [3.63, 3.8) is 0 Å². The molecule has 1 amide bonds. The third-order valence-electron chi connectivity index (χ3n) is 1.54. The van der Waals surface area contributed by atoms with E-state index in [-0.39, 0.29) is 0 Å². The van der Waals surface area contributed by atoms with Crippen LogP contribution in [-0.2, 0) is 4.79 Å². The molecule has 0 aromatic rings. The molecule has 3 heteroatoms. The number of carbonyl (C=O) groups is 1. The fraction of sp³-hybridized carbons (Fsp3) is 0.857. The average Bonchev–Trinajstić information content (AvgIpc) is 2.00. The molecule has 0 aromatic carbocycles. The summed E-state index contributed by atoms with van der Waals surface area (Å²) in [4.78, 5) is 10.4. The molecule has 0 saturated heterocycles. The fourth-order valence-electron chi connectivity index (χ4n) is 0.928. The van der Waals surface area contributed by atoms with E-state index in [1.165, 1.54) is 0 Å². The molecule has 10 heavy (non-hydrogen) atoms. The average molecular weight is 144 g/mol. The lowest BCUT2D eigenvalue weighted by atomic mass is 10.6. The summed E-state index contributed by atoms with van der Waals surface area (Å²) in [6.07, 6.45) is 0.868. The summed E-state index contributed by atoms with van der Waals surface area (Å²) in [6.45, 7) is 8.58. The maximum Gasteiger partial charge on any atom is 0.224 e. The lowest BCUT2D eigenvalue weighted by Crippen LogP contribution is -2.41. The van der Waals surface area contributed by atoms with Crippen LogP contribution < -0.4 is 0 Å². The van der Waals surface area contributed by atoms with Gasteiger partial charge in [-0.3, -0.25) is 9.80 Å². The highest BCUT2D eigenvalue weighted by Crippen LogP contribution is 1.92. The molecular formula is C7H16N2O. The molecular weight excluding hydrogens is 128 g/mol. The molecule has 0 aliphatic heterocycles. The number of amides is 1. The van der Waals surface area contributed by atoms with Gasteiger partial charge >= 0.3 is 0 Å². The summed E-state index contributed by atoms with van der Waals surface area (Å²) in [7, 11) is 0. The summed E-state index contributed by atoms with van der Waals surface area (Å²) in [6, 6.07) is 0. The van der Waals surface area contributed by atoms with Gasteiger partial charge < -0.3 is 0 Å². The van der Waals surface area contributed by atoms with Gasteiger partial charge in [0.05, 0.1) is 0 Å². The molecule has 0 radical (unpaired) electrons. The van der Waals surface area contributed by atoms with Crippen LogP contribution in [0.2, 0.25) is 0 Å². The van der Waals surface area contributed by atoms with Crippen LogP contribution in [0.5, 0.6) is 0 Å². The van der Waals surface area contributed by atoms with E-state index >= 15 is 0 Å². The Hall–Kier alpha value is -0.570. The van der Waals surface area contributed by atoms with Crippen LogP contribution in [0, 0.1) is 0 Å². The first kappa shape index (κ1) is 9.43. The Morgan fingerprint density at radius 2 is 1.60 bits per heavy atom. The van der Waals surface area contributed by atoms with E-state index < -0.39 is 0 Å². The molecule has 0 aromatic heterocycles. The molecule has 0 N–H and O–H groups in total. The molecule has 0 rings (SSSR count). The summed E-state index contributed by atoms with van der Waals surface area (Å²) >= 11 is 0. The van der Waals surface area contributed by atoms with Crippen molar-refractivity contribution in [1.29, 1.82) is 0 Å². The molecule has 0 fully saturated rings. The molecule has 0 bridgehead atoms. The quantitative estimate of drug-likeness (QED) is 0.419. The SMILES string of the molecule is CCN(C=O)N(CC)CC. The Morgan fingerprint density at radius 1 is 1.10 bits per heavy atom. The molecule has 3 nitrogen and oxygen atoms in total. The number of hydrogen-bond acceptors (Lipinski definition) is 2. The highest BCUT2D eigenvalue weighted by Gasteiger charge is 2.04. The Labute approximate surface area is 62.6 Å². The molecule has 0 aliphatic rings. The molecule has 0 atom stereocenters. The van der Waals surface area contributed by atoms with Crippen molar-refractivity contribution in [3.8, 4) is 0 Å². The second-order valence-corrected chi connectivity index (χ2v) is 2.00. The lowest BCUT2D eigenvalue weighted by Gasteiger charge is -2.28. The molecule has 0 saturated carbocycles. The van der Waals surface area contributed by atoms with E-state index in [0.29, 0.717) is 0 Å². The summed E-state index contributed by atoms with van der Waals surface area (Å²) < 4.78 is 0. The Bertz CT molecular complexity index is 91.6. The van der Waals surface area contributed by atoms with E-state index in [9.17, 15) is 4.79 Å². The second-order valence-electron chi connectivity index (χ2n) is 2.00. The Kier molecular flexibility index (Phi) is 4.94. The van der Waals surface area contributed by atoms with E-state index in [1.54, 1.807) is 5.01 Å². The largest absolute Gasteiger partial charge is 0.278 e. The van der Waals surface area contributed by atoms with Gasteiger partial charge in [-0.25, -0.2) is 5.01 Å². The highest BCUT2D eigenvalue weighted by atomic mass is 16.1. The number of carbonyl (C=O) groups excluding carboxylic acids is 1. The number of hydrogen-bond donors (Lipinski definition) is 0. The summed E-state index contributed by atoms with van der Waals surface area (Å²) in [5, 5.41) is 3.67. The maximum absolute atomic E-state index is 10.4. The number of hydrazine groups is 1. The third-order valence-corrected chi connectivity index (χ3v) is 1.54. The van der Waals surface area contributed by atoms with Gasteiger partial charge in [0.2, 0.25) is 6.41 Å². The molecule has 0 unspecified atom stereocenters. The summed E-state index contributed by atoms with van der Waals surface area (Å²) in [5.74, 6) is 0. The third kappa shape index (κ3) is 2.35. The first-order valence-corrected chi connectivity index (χ1v) is 3.76. The minimum atomic E-state index is 0.755. The number of nitrogens with zero attached hydrogens (tertiary/aromatic N) is 2. The Morgan fingerprint density at radius 3 is 1.70 bits per heavy atom. The predicted octanol–water partition coefficient (Wildman–Crippen LogP) is 0.721. The maximum atomic E-state index is 10.4. The first-order valence-electron chi connectivity index (χ1n) is 3.76. The standard InChI is InChI=1S/C7H16N2O/c1-4-8(5-2)9(6-3)7-10/h7H,4-6H2,1-3H3. The predicted molar refractivity (Wildman–Crippen MR) is 41.4 cm³/mol. The Balaban J connectivity index is 3.81. The minimum absolute atomic E-state index is 0.755. The summed E-state index contributed by atoms with van der Waals surface area (Å²) in [5.41, 5.74) is 0. The molecule has 0 heterocycles. The zero-order valence-corrected chi connectivity index (χ0v) is 7.00. The molecule has 0 spiro atoms. The van der Waals surface area contributed by atoms with Gasteiger partial charge in [0.25, 0.3) is 0 Å². The van der Waals surface area contributed by atoms with Crippen LogP contribution in [0.25, 0.3) is 0 Å². The normalized spacial score (nSPS) is 10.0. The van der Waals surface area contributed by atoms with E-state index in [0.717, 1.165) is 26.0 Å². The van der Waals surface area contributed by atoms with Crippen LogP contribution in [0.3, 0.4) is 0 Å². The van der Waals surface area contributed by atoms with Crippen molar-refractivity contribution in [1.82, 2.24) is 10.0 Å². The van der Waals surface area contributed by atoms with Crippen LogP contribution >= 0.6 is 0 Å². The van der Waals surface area contributed by atoms with Crippen molar-refractivity contribution < 1.29 is 4.79 Å². The van der Waals surface area contributed by atoms with Crippen molar-refractivity contribution in [2.45, 2.75) is 20.8 Å². The monoisotopic (exact) mass is 144 g/mol.